The summed E-state index contributed by atoms with van der Waals surface area (Å²) in [5.74, 6) is -1.59. The maximum absolute atomic E-state index is 12.3. The molecule has 0 heterocycles. The van der Waals surface area contributed by atoms with E-state index < -0.39 is 22.5 Å². The number of nitrogens with two attached hydrogens (primary N) is 1. The highest BCUT2D eigenvalue weighted by atomic mass is 35.5. The number of carbonyl (C=O) groups excluding carboxylic acids is 2. The molecule has 0 radical (unpaired) electrons. The average Bonchev–Trinajstić information content (AvgIpc) is 2.66. The van der Waals surface area contributed by atoms with Crippen molar-refractivity contribution < 1.29 is 24.0 Å². The van der Waals surface area contributed by atoms with Crippen LogP contribution in [-0.2, 0) is 4.79 Å². The van der Waals surface area contributed by atoms with Gasteiger partial charge in [0.25, 0.3) is 11.6 Å². The molecule has 0 aliphatic rings. The highest BCUT2D eigenvalue weighted by Gasteiger charge is 2.19. The molecular weight excluding hydrogens is 390 g/mol. The summed E-state index contributed by atoms with van der Waals surface area (Å²) in [4.78, 5) is 33.7. The zero-order chi connectivity index (χ0) is 20.8. The van der Waals surface area contributed by atoms with E-state index in [1.807, 2.05) is 0 Å². The van der Waals surface area contributed by atoms with Crippen LogP contribution in [0.2, 0.25) is 5.02 Å². The number of ether oxygens (including phenoxy) is 2. The minimum atomic E-state index is -0.888. The standard InChI is InChI=1S/C18H12ClN3O6/c1-27-16-7-10(6-12(9-20)17(21)23)2-5-15(16)28-18(24)11-3-4-13(19)14(8-11)22(25)26/h2-8H,1H3,(H2,21,23)/b12-6+. The van der Waals surface area contributed by atoms with E-state index in [2.05, 4.69) is 0 Å². The summed E-state index contributed by atoms with van der Waals surface area (Å²) < 4.78 is 10.4. The van der Waals surface area contributed by atoms with Gasteiger partial charge in [-0.15, -0.1) is 0 Å². The molecule has 0 aliphatic heterocycles. The van der Waals surface area contributed by atoms with E-state index in [4.69, 9.17) is 32.1 Å². The molecule has 0 spiro atoms. The van der Waals surface area contributed by atoms with Gasteiger partial charge >= 0.3 is 5.97 Å². The molecule has 1 amide bonds. The summed E-state index contributed by atoms with van der Waals surface area (Å²) in [5.41, 5.74) is 4.72. The molecule has 0 aromatic heterocycles. The number of nitro groups is 1. The molecule has 0 unspecified atom stereocenters. The van der Waals surface area contributed by atoms with E-state index in [0.717, 1.165) is 6.07 Å². The van der Waals surface area contributed by atoms with Crippen molar-refractivity contribution in [3.63, 3.8) is 0 Å². The molecule has 142 valence electrons. The third kappa shape index (κ3) is 4.63. The maximum Gasteiger partial charge on any atom is 0.343 e. The molecule has 28 heavy (non-hydrogen) atoms. The van der Waals surface area contributed by atoms with Gasteiger partial charge in [0.2, 0.25) is 0 Å². The van der Waals surface area contributed by atoms with Crippen LogP contribution in [0.1, 0.15) is 15.9 Å². The summed E-state index contributed by atoms with van der Waals surface area (Å²) in [7, 11) is 1.33. The fourth-order valence-corrected chi connectivity index (χ4v) is 2.31. The van der Waals surface area contributed by atoms with Crippen LogP contribution in [0.15, 0.2) is 42.0 Å². The summed E-state index contributed by atoms with van der Waals surface area (Å²) in [6, 6.07) is 9.44. The molecule has 0 saturated carbocycles. The predicted octanol–water partition coefficient (Wildman–Crippen LogP) is 2.87. The summed E-state index contributed by atoms with van der Waals surface area (Å²) in [6.07, 6.45) is 1.25. The fraction of sp³-hybridized carbons (Fsp3) is 0.0556. The number of benzene rings is 2. The Morgan fingerprint density at radius 1 is 1.25 bits per heavy atom. The molecule has 0 saturated heterocycles. The van der Waals surface area contributed by atoms with Gasteiger partial charge in [-0.3, -0.25) is 14.9 Å². The van der Waals surface area contributed by atoms with Crippen LogP contribution in [-0.4, -0.2) is 23.9 Å². The van der Waals surface area contributed by atoms with Gasteiger partial charge in [-0.25, -0.2) is 4.79 Å². The fourth-order valence-electron chi connectivity index (χ4n) is 2.12. The van der Waals surface area contributed by atoms with Crippen molar-refractivity contribution in [1.29, 1.82) is 5.26 Å². The topological polar surface area (TPSA) is 146 Å². The van der Waals surface area contributed by atoms with Crippen molar-refractivity contribution in [1.82, 2.24) is 0 Å². The number of nitriles is 1. The Hall–Kier alpha value is -3.90. The highest BCUT2D eigenvalue weighted by molar-refractivity contribution is 6.32. The SMILES string of the molecule is COc1cc(/C=C(\C#N)C(N)=O)ccc1OC(=O)c1ccc(Cl)c([N+](=O)[O-])c1. The maximum atomic E-state index is 12.3. The zero-order valence-corrected chi connectivity index (χ0v) is 15.1. The molecular formula is C18H12ClN3O6. The van der Waals surface area contributed by atoms with Gasteiger partial charge in [0.15, 0.2) is 11.5 Å². The van der Waals surface area contributed by atoms with E-state index in [0.29, 0.717) is 5.56 Å². The van der Waals surface area contributed by atoms with E-state index in [-0.39, 0.29) is 27.7 Å². The number of methoxy groups -OCH3 is 1. The van der Waals surface area contributed by atoms with Crippen LogP contribution in [0.4, 0.5) is 5.69 Å². The van der Waals surface area contributed by atoms with Gasteiger partial charge in [-0.1, -0.05) is 17.7 Å². The third-order valence-corrected chi connectivity index (χ3v) is 3.79. The monoisotopic (exact) mass is 401 g/mol. The van der Waals surface area contributed by atoms with Crippen LogP contribution < -0.4 is 15.2 Å². The van der Waals surface area contributed by atoms with Crippen LogP contribution in [0.5, 0.6) is 11.5 Å². The lowest BCUT2D eigenvalue weighted by Gasteiger charge is -2.10. The first-order chi connectivity index (χ1) is 13.3. The first-order valence-corrected chi connectivity index (χ1v) is 7.90. The van der Waals surface area contributed by atoms with Gasteiger partial charge < -0.3 is 15.2 Å². The second kappa shape index (κ2) is 8.66. The number of halogens is 1. The number of nitrogens with zero attached hydrogens (tertiary/aromatic N) is 2. The Labute approximate surface area is 163 Å². The zero-order valence-electron chi connectivity index (χ0n) is 14.3. The number of esters is 1. The molecule has 2 N–H and O–H groups in total. The normalized spacial score (nSPS) is 10.7. The van der Waals surface area contributed by atoms with Crippen molar-refractivity contribution in [2.45, 2.75) is 0 Å². The molecule has 2 rings (SSSR count). The van der Waals surface area contributed by atoms with Crippen LogP contribution in [0, 0.1) is 21.4 Å². The predicted molar refractivity (Wildman–Crippen MR) is 98.8 cm³/mol. The largest absolute Gasteiger partial charge is 0.493 e. The van der Waals surface area contributed by atoms with Crippen molar-refractivity contribution in [3.8, 4) is 17.6 Å². The van der Waals surface area contributed by atoms with Crippen LogP contribution in [0.3, 0.4) is 0 Å². The van der Waals surface area contributed by atoms with Crippen LogP contribution in [0.25, 0.3) is 6.08 Å². The van der Waals surface area contributed by atoms with Crippen molar-refractivity contribution in [2.24, 2.45) is 5.73 Å². The smallest absolute Gasteiger partial charge is 0.343 e. The van der Waals surface area contributed by atoms with Gasteiger partial charge in [0, 0.05) is 6.07 Å². The van der Waals surface area contributed by atoms with Crippen molar-refractivity contribution in [3.05, 3.63) is 68.2 Å². The van der Waals surface area contributed by atoms with E-state index >= 15 is 0 Å². The van der Waals surface area contributed by atoms with Gasteiger partial charge in [-0.2, -0.15) is 5.26 Å². The molecule has 0 bridgehead atoms. The van der Waals surface area contributed by atoms with E-state index in [1.54, 1.807) is 6.07 Å². The lowest BCUT2D eigenvalue weighted by atomic mass is 10.1. The Bertz CT molecular complexity index is 1040. The number of rotatable bonds is 6. The second-order valence-corrected chi connectivity index (χ2v) is 5.66. The number of primary amides is 1. The summed E-state index contributed by atoms with van der Waals surface area (Å²) >= 11 is 5.72. The molecule has 10 heteroatoms. The van der Waals surface area contributed by atoms with Gasteiger partial charge in [-0.05, 0) is 35.9 Å². The van der Waals surface area contributed by atoms with E-state index in [9.17, 15) is 19.7 Å². The Kier molecular flexibility index (Phi) is 6.31. The third-order valence-electron chi connectivity index (χ3n) is 3.47. The lowest BCUT2D eigenvalue weighted by molar-refractivity contribution is -0.384. The first kappa shape index (κ1) is 20.4. The molecule has 9 nitrogen and oxygen atoms in total. The summed E-state index contributed by atoms with van der Waals surface area (Å²) in [6.45, 7) is 0. The number of carbonyl (C=O) groups is 2. The van der Waals surface area contributed by atoms with Crippen LogP contribution >= 0.6 is 11.6 Å². The van der Waals surface area contributed by atoms with Crippen molar-refractivity contribution >= 4 is 35.2 Å². The molecule has 0 atom stereocenters. The first-order valence-electron chi connectivity index (χ1n) is 7.52. The lowest BCUT2D eigenvalue weighted by Crippen LogP contribution is -2.12. The molecule has 0 aliphatic carbocycles. The minimum absolute atomic E-state index is 0.0276. The Balaban J connectivity index is 2.33. The second-order valence-electron chi connectivity index (χ2n) is 5.26. The summed E-state index contributed by atoms with van der Waals surface area (Å²) in [5, 5.41) is 19.7. The number of nitro benzene ring substituents is 1. The average molecular weight is 402 g/mol. The quantitative estimate of drug-likeness (QED) is 0.195. The Morgan fingerprint density at radius 2 is 1.96 bits per heavy atom. The molecule has 0 fully saturated rings. The molecule has 2 aromatic rings. The number of hydrogen-bond donors (Lipinski definition) is 1. The minimum Gasteiger partial charge on any atom is -0.493 e. The van der Waals surface area contributed by atoms with E-state index in [1.165, 1.54) is 43.5 Å². The number of amides is 1. The number of hydrogen-bond acceptors (Lipinski definition) is 7. The van der Waals surface area contributed by atoms with Crippen molar-refractivity contribution in [2.75, 3.05) is 7.11 Å². The highest BCUT2D eigenvalue weighted by Crippen LogP contribution is 2.31. The molecule has 2 aromatic carbocycles. The van der Waals surface area contributed by atoms with Gasteiger partial charge in [0.1, 0.15) is 16.7 Å². The Morgan fingerprint density at radius 3 is 2.54 bits per heavy atom. The van der Waals surface area contributed by atoms with Gasteiger partial charge in [0.05, 0.1) is 17.6 Å².